The maximum Gasteiger partial charge on any atom is 0.335 e. The minimum Gasteiger partial charge on any atom is -0.493 e. The molecule has 1 aliphatic rings. The van der Waals surface area contributed by atoms with E-state index in [1.807, 2.05) is 31.2 Å². The number of carboxylic acid groups (broad SMARTS) is 1. The number of aryl methyl sites for hydroxylation is 1. The predicted molar refractivity (Wildman–Crippen MR) is 137 cm³/mol. The normalized spacial score (nSPS) is 14.2. The lowest BCUT2D eigenvalue weighted by molar-refractivity contribution is -0.123. The molecule has 1 saturated heterocycles. The van der Waals surface area contributed by atoms with E-state index in [0.717, 1.165) is 16.0 Å². The molecular weight excluding hydrogens is 528 g/mol. The average molecular weight is 551 g/mol. The highest BCUT2D eigenvalue weighted by Gasteiger charge is 2.33. The van der Waals surface area contributed by atoms with Crippen LogP contribution < -0.4 is 14.8 Å². The van der Waals surface area contributed by atoms with Crippen molar-refractivity contribution in [2.45, 2.75) is 20.1 Å². The van der Waals surface area contributed by atoms with Gasteiger partial charge in [0, 0.05) is 0 Å². The van der Waals surface area contributed by atoms with E-state index < -0.39 is 17.9 Å². The largest absolute Gasteiger partial charge is 0.493 e. The highest BCUT2D eigenvalue weighted by Crippen LogP contribution is 2.38. The summed E-state index contributed by atoms with van der Waals surface area (Å²) in [5, 5.41) is 11.8. The lowest BCUT2D eigenvalue weighted by atomic mass is 10.1. The molecule has 0 radical (unpaired) electrons. The Morgan fingerprint density at radius 3 is 2.53 bits per heavy atom. The van der Waals surface area contributed by atoms with Gasteiger partial charge in [0.25, 0.3) is 5.91 Å². The fraction of sp³-hybridized carbons (Fsp3) is 0.148. The number of carboxylic acids is 1. The summed E-state index contributed by atoms with van der Waals surface area (Å²) in [5.41, 5.74) is 3.56. The third kappa shape index (κ3) is 5.58. The molecule has 0 spiro atoms. The zero-order chi connectivity index (χ0) is 25.8. The fourth-order valence-electron chi connectivity index (χ4n) is 3.67. The molecule has 9 heteroatoms. The number of urea groups is 1. The molecule has 0 aromatic heterocycles. The summed E-state index contributed by atoms with van der Waals surface area (Å²) in [6.07, 6.45) is 1.57. The molecule has 1 aliphatic heterocycles. The summed E-state index contributed by atoms with van der Waals surface area (Å²) in [4.78, 5) is 37.7. The number of hydrogen-bond donors (Lipinski definition) is 2. The van der Waals surface area contributed by atoms with Gasteiger partial charge in [-0.1, -0.05) is 42.0 Å². The molecule has 0 aliphatic carbocycles. The van der Waals surface area contributed by atoms with Crippen molar-refractivity contribution < 1.29 is 29.0 Å². The van der Waals surface area contributed by atoms with Gasteiger partial charge in [-0.2, -0.15) is 0 Å². The average Bonchev–Trinajstić information content (AvgIpc) is 3.11. The monoisotopic (exact) mass is 550 g/mol. The quantitative estimate of drug-likeness (QED) is 0.297. The number of aromatic carboxylic acids is 1. The van der Waals surface area contributed by atoms with Crippen molar-refractivity contribution in [3.05, 3.63) is 98.7 Å². The summed E-state index contributed by atoms with van der Waals surface area (Å²) in [6.45, 7) is 2.27. The summed E-state index contributed by atoms with van der Waals surface area (Å²) < 4.78 is 11.9. The van der Waals surface area contributed by atoms with Gasteiger partial charge in [-0.3, -0.25) is 9.69 Å². The van der Waals surface area contributed by atoms with E-state index in [-0.39, 0.29) is 24.4 Å². The van der Waals surface area contributed by atoms with Gasteiger partial charge in [-0.25, -0.2) is 9.59 Å². The van der Waals surface area contributed by atoms with E-state index in [9.17, 15) is 19.5 Å². The molecule has 1 fully saturated rings. The number of rotatable bonds is 8. The van der Waals surface area contributed by atoms with Crippen LogP contribution in [0.25, 0.3) is 6.08 Å². The maximum absolute atomic E-state index is 12.9. The smallest absolute Gasteiger partial charge is 0.335 e. The molecule has 0 unspecified atom stereocenters. The number of carbonyl (C=O) groups excluding carboxylic acids is 2. The summed E-state index contributed by atoms with van der Waals surface area (Å²) in [5.74, 6) is -0.615. The van der Waals surface area contributed by atoms with Crippen LogP contribution in [0.4, 0.5) is 4.79 Å². The van der Waals surface area contributed by atoms with E-state index in [1.165, 1.54) is 19.2 Å². The van der Waals surface area contributed by atoms with E-state index >= 15 is 0 Å². The molecule has 1 heterocycles. The number of nitrogens with zero attached hydrogens (tertiary/aromatic N) is 1. The molecular formula is C27H23BrN2O6. The first kappa shape index (κ1) is 25.0. The summed E-state index contributed by atoms with van der Waals surface area (Å²) >= 11 is 3.48. The van der Waals surface area contributed by atoms with E-state index in [2.05, 4.69) is 21.2 Å². The van der Waals surface area contributed by atoms with Crippen LogP contribution in [0.1, 0.15) is 32.6 Å². The second-order valence-corrected chi connectivity index (χ2v) is 9.05. The molecule has 184 valence electrons. The highest BCUT2D eigenvalue weighted by atomic mass is 79.9. The maximum atomic E-state index is 12.9. The second kappa shape index (κ2) is 10.7. The van der Waals surface area contributed by atoms with Crippen molar-refractivity contribution in [3.8, 4) is 11.5 Å². The van der Waals surface area contributed by atoms with Crippen LogP contribution in [0.5, 0.6) is 11.5 Å². The summed E-state index contributed by atoms with van der Waals surface area (Å²) in [7, 11) is 1.49. The van der Waals surface area contributed by atoms with E-state index in [4.69, 9.17) is 9.47 Å². The number of imide groups is 1. The molecule has 3 aromatic carbocycles. The second-order valence-electron chi connectivity index (χ2n) is 8.19. The van der Waals surface area contributed by atoms with Crippen LogP contribution in [0.3, 0.4) is 0 Å². The highest BCUT2D eigenvalue weighted by molar-refractivity contribution is 9.10. The minimum atomic E-state index is -1.01. The van der Waals surface area contributed by atoms with Gasteiger partial charge < -0.3 is 19.9 Å². The predicted octanol–water partition coefficient (Wildman–Crippen LogP) is 5.14. The zero-order valence-electron chi connectivity index (χ0n) is 19.6. The number of nitrogens with one attached hydrogen (secondary N) is 1. The molecule has 4 rings (SSSR count). The van der Waals surface area contributed by atoms with Crippen molar-refractivity contribution in [1.29, 1.82) is 0 Å². The van der Waals surface area contributed by atoms with Gasteiger partial charge >= 0.3 is 12.0 Å². The number of amides is 3. The molecule has 36 heavy (non-hydrogen) atoms. The van der Waals surface area contributed by atoms with Crippen molar-refractivity contribution >= 4 is 39.9 Å². The molecule has 2 N–H and O–H groups in total. The Bertz CT molecular complexity index is 1370. The Hall–Kier alpha value is -4.11. The van der Waals surface area contributed by atoms with Gasteiger partial charge in [-0.15, -0.1) is 0 Å². The number of ether oxygens (including phenoxy) is 2. The van der Waals surface area contributed by atoms with Gasteiger partial charge in [-0.05, 0) is 69.9 Å². The van der Waals surface area contributed by atoms with Gasteiger partial charge in [0.2, 0.25) is 0 Å². The topological polar surface area (TPSA) is 105 Å². The van der Waals surface area contributed by atoms with Gasteiger partial charge in [0.05, 0.1) is 23.7 Å². The number of benzene rings is 3. The van der Waals surface area contributed by atoms with Crippen molar-refractivity contribution in [2.24, 2.45) is 0 Å². The number of halogens is 1. The fourth-order valence-corrected chi connectivity index (χ4v) is 4.24. The van der Waals surface area contributed by atoms with Crippen LogP contribution in [-0.2, 0) is 17.9 Å². The third-order valence-electron chi connectivity index (χ3n) is 5.54. The molecule has 3 aromatic rings. The molecule has 0 bridgehead atoms. The first-order valence-electron chi connectivity index (χ1n) is 11.0. The zero-order valence-corrected chi connectivity index (χ0v) is 21.2. The van der Waals surface area contributed by atoms with Crippen molar-refractivity contribution in [1.82, 2.24) is 10.2 Å². The van der Waals surface area contributed by atoms with Crippen LogP contribution in [0, 0.1) is 6.92 Å². The third-order valence-corrected chi connectivity index (χ3v) is 6.13. The standard InChI is InChI=1S/C27H23BrN2O6/c1-16-6-8-17(9-7-16)14-30-25(31)22(29-27(30)34)12-19-11-21(28)24(23(13-19)35-2)36-15-18-4-3-5-20(10-18)26(32)33/h3-13H,14-15H2,1-2H3,(H,29,34)(H,32,33)/b22-12+. The lowest BCUT2D eigenvalue weighted by Gasteiger charge is -2.14. The minimum absolute atomic E-state index is 0.124. The SMILES string of the molecule is COc1cc(/C=C2/NC(=O)N(Cc3ccc(C)cc3)C2=O)cc(Br)c1OCc1cccc(C(=O)O)c1. The first-order valence-corrected chi connectivity index (χ1v) is 11.8. The number of hydrogen-bond acceptors (Lipinski definition) is 5. The van der Waals surface area contributed by atoms with Crippen molar-refractivity contribution in [2.75, 3.05) is 7.11 Å². The lowest BCUT2D eigenvalue weighted by Crippen LogP contribution is -2.30. The number of methoxy groups -OCH3 is 1. The molecule has 0 saturated carbocycles. The first-order chi connectivity index (χ1) is 17.2. The van der Waals surface area contributed by atoms with Crippen LogP contribution in [0.2, 0.25) is 0 Å². The molecule has 3 amide bonds. The molecule has 0 atom stereocenters. The van der Waals surface area contributed by atoms with E-state index in [0.29, 0.717) is 27.1 Å². The molecule has 8 nitrogen and oxygen atoms in total. The van der Waals surface area contributed by atoms with E-state index in [1.54, 1.807) is 30.3 Å². The number of carbonyl (C=O) groups is 3. The van der Waals surface area contributed by atoms with Crippen LogP contribution >= 0.6 is 15.9 Å². The Balaban J connectivity index is 1.52. The van der Waals surface area contributed by atoms with Gasteiger partial charge in [0.15, 0.2) is 11.5 Å². The van der Waals surface area contributed by atoms with Crippen LogP contribution in [0.15, 0.2) is 70.8 Å². The van der Waals surface area contributed by atoms with Crippen LogP contribution in [-0.4, -0.2) is 35.0 Å². The Morgan fingerprint density at radius 1 is 1.08 bits per heavy atom. The van der Waals surface area contributed by atoms with Crippen molar-refractivity contribution in [3.63, 3.8) is 0 Å². The summed E-state index contributed by atoms with van der Waals surface area (Å²) in [6, 6.07) is 17.0. The Kier molecular flexibility index (Phi) is 7.40. The Labute approximate surface area is 216 Å². The van der Waals surface area contributed by atoms with Gasteiger partial charge in [0.1, 0.15) is 12.3 Å². The Morgan fingerprint density at radius 2 is 1.83 bits per heavy atom.